The Morgan fingerprint density at radius 3 is 0.930 bits per heavy atom. The van der Waals surface area contributed by atoms with E-state index in [0.717, 1.165) is 241 Å². The van der Waals surface area contributed by atoms with Crippen LogP contribution >= 0.6 is 0 Å². The molecule has 16 heterocycles. The normalized spacial score (nSPS) is 17.0. The smallest absolute Gasteiger partial charge is 0.171 e. The Morgan fingerprint density at radius 2 is 0.632 bits per heavy atom. The highest BCUT2D eigenvalue weighted by molar-refractivity contribution is 5.77. The van der Waals surface area contributed by atoms with Crippen molar-refractivity contribution in [2.45, 2.75) is 142 Å². The summed E-state index contributed by atoms with van der Waals surface area (Å²) in [6.45, 7) is 10.8. The highest BCUT2D eigenvalue weighted by Gasteiger charge is 2.29. The van der Waals surface area contributed by atoms with Gasteiger partial charge in [0.05, 0.1) is 26.4 Å². The molecule has 114 heavy (non-hydrogen) atoms. The highest BCUT2D eigenvalue weighted by atomic mass is 19.1. The molecular weight excluding hydrogens is 1450 g/mol. The van der Waals surface area contributed by atoms with Gasteiger partial charge < -0.3 is 38.5 Å². The summed E-state index contributed by atoms with van der Waals surface area (Å²) in [4.78, 5) is 28.1. The van der Waals surface area contributed by atoms with Gasteiger partial charge in [-0.1, -0.05) is 27.0 Å². The number of rotatable bonds is 16. The van der Waals surface area contributed by atoms with Crippen molar-refractivity contribution in [2.24, 2.45) is 0 Å². The molecule has 596 valence electrons. The van der Waals surface area contributed by atoms with E-state index in [4.69, 9.17) is 28.9 Å². The van der Waals surface area contributed by atoms with Crippen molar-refractivity contribution in [3.8, 4) is 23.0 Å². The van der Waals surface area contributed by atoms with Crippen LogP contribution in [0.5, 0.6) is 23.0 Å². The number of hydrogen-bond acceptors (Lipinski definition) is 20. The number of aromatic nitrogens is 16. The summed E-state index contributed by atoms with van der Waals surface area (Å²) in [5.41, 5.74) is 17.3. The molecule has 0 unspecified atom stereocenters. The van der Waals surface area contributed by atoms with Crippen LogP contribution < -0.4 is 18.9 Å². The number of halogens is 4. The summed E-state index contributed by atoms with van der Waals surface area (Å²) in [6, 6.07) is 12.9. The van der Waals surface area contributed by atoms with Gasteiger partial charge in [0, 0.05) is 147 Å². The second-order valence-electron chi connectivity index (χ2n) is 30.6. The van der Waals surface area contributed by atoms with Gasteiger partial charge in [0.2, 0.25) is 0 Å². The molecule has 0 spiro atoms. The summed E-state index contributed by atoms with van der Waals surface area (Å²) >= 11 is 0. The molecule has 2 saturated heterocycles. The third-order valence-electron chi connectivity index (χ3n) is 23.7. The minimum absolute atomic E-state index is 0. The Balaban J connectivity index is 0.000000119. The van der Waals surface area contributed by atoms with Gasteiger partial charge in [-0.3, -0.25) is 17.6 Å². The van der Waals surface area contributed by atoms with Gasteiger partial charge in [0.1, 0.15) is 94.9 Å². The Hall–Kier alpha value is -10.7. The van der Waals surface area contributed by atoms with E-state index >= 15 is 0 Å². The molecule has 24 nitrogen and oxygen atoms in total. The zero-order valence-corrected chi connectivity index (χ0v) is 63.8. The number of fused-ring (bicyclic) bond motifs is 8. The third-order valence-corrected chi connectivity index (χ3v) is 23.7. The van der Waals surface area contributed by atoms with Crippen LogP contribution in [0.3, 0.4) is 0 Å². The first-order chi connectivity index (χ1) is 54.8. The largest absolute Gasteiger partial charge is 0.493 e. The fourth-order valence-electron chi connectivity index (χ4n) is 17.2. The maximum absolute atomic E-state index is 14.4. The van der Waals surface area contributed by atoms with Gasteiger partial charge in [-0.2, -0.15) is 0 Å². The Kier molecular flexibility index (Phi) is 24.1. The van der Waals surface area contributed by atoms with Crippen molar-refractivity contribution in [2.75, 3.05) is 107 Å². The molecule has 0 radical (unpaired) electrons. The molecule has 8 aromatic heterocycles. The molecule has 0 aliphatic carbocycles. The number of ether oxygens (including phenoxy) is 4. The lowest BCUT2D eigenvalue weighted by molar-refractivity contribution is 0.255. The number of likely N-dealkylation sites (tertiary alicyclic amines) is 2. The van der Waals surface area contributed by atoms with Crippen LogP contribution in [0.15, 0.2) is 111 Å². The van der Waals surface area contributed by atoms with Gasteiger partial charge in [0.15, 0.2) is 22.6 Å². The fraction of sp³-hybridized carbons (Fsp3) is 0.442. The maximum atomic E-state index is 14.4. The van der Waals surface area contributed by atoms with E-state index in [2.05, 4.69) is 111 Å². The fourth-order valence-corrected chi connectivity index (χ4v) is 17.2. The summed E-state index contributed by atoms with van der Waals surface area (Å²) < 4.78 is 87.8. The van der Waals surface area contributed by atoms with E-state index in [1.165, 1.54) is 46.5 Å². The molecule has 0 saturated carbocycles. The van der Waals surface area contributed by atoms with E-state index in [-0.39, 0.29) is 38.1 Å². The Morgan fingerprint density at radius 1 is 0.342 bits per heavy atom. The summed E-state index contributed by atoms with van der Waals surface area (Å²) in [6.07, 6.45) is 33.3. The standard InChI is InChI=1S/2C21H24FN5O.2C21H22FN5O.2CH4/c4*1-26-9-6-14(7-10-26)17-12-23-20(27-13-24-25-21(17)27)5-2-15-16-8-11-28-19(16)4-3-18(15)22;;/h2*3-4,12-14H,2,5-11H2,1H3;2*3-4,6,12-13H,2,5,7-11H2,1H3;2*1H4. The van der Waals surface area contributed by atoms with Crippen molar-refractivity contribution in [3.63, 3.8) is 0 Å². The minimum Gasteiger partial charge on any atom is -0.493 e. The van der Waals surface area contributed by atoms with E-state index in [1.54, 1.807) is 49.6 Å². The molecule has 0 N–H and O–H groups in total. The number of benzene rings is 4. The number of nitrogens with zero attached hydrogens (tertiary/aromatic N) is 20. The van der Waals surface area contributed by atoms with Crippen molar-refractivity contribution in [1.82, 2.24) is 97.9 Å². The quantitative estimate of drug-likeness (QED) is 0.0820. The van der Waals surface area contributed by atoms with Crippen LogP contribution in [0.2, 0.25) is 0 Å². The van der Waals surface area contributed by atoms with Crippen LogP contribution in [0.1, 0.15) is 155 Å². The molecule has 20 rings (SSSR count). The van der Waals surface area contributed by atoms with Crippen LogP contribution in [-0.2, 0) is 77.0 Å². The average molecular weight is 1550 g/mol. The zero-order valence-electron chi connectivity index (χ0n) is 63.8. The first kappa shape index (κ1) is 78.6. The summed E-state index contributed by atoms with van der Waals surface area (Å²) in [5, 5.41) is 33.9. The molecule has 8 aliphatic rings. The lowest BCUT2D eigenvalue weighted by atomic mass is 9.91. The van der Waals surface area contributed by atoms with Crippen LogP contribution in [-0.4, -0.2) is 205 Å². The maximum Gasteiger partial charge on any atom is 0.171 e. The molecule has 12 aromatic rings. The first-order valence-corrected chi connectivity index (χ1v) is 39.4. The zero-order chi connectivity index (χ0) is 76.3. The van der Waals surface area contributed by atoms with E-state index in [0.29, 0.717) is 89.6 Å². The molecule has 4 aromatic carbocycles. The minimum atomic E-state index is -0.169. The van der Waals surface area contributed by atoms with Crippen molar-refractivity contribution in [3.05, 3.63) is 224 Å². The Labute approximate surface area is 661 Å². The van der Waals surface area contributed by atoms with Crippen LogP contribution in [0.25, 0.3) is 33.7 Å². The molecule has 8 aliphatic heterocycles. The predicted octanol–water partition coefficient (Wildman–Crippen LogP) is 12.3. The van der Waals surface area contributed by atoms with Crippen molar-refractivity contribution >= 4 is 33.7 Å². The van der Waals surface area contributed by atoms with Gasteiger partial charge in [-0.25, -0.2) is 37.5 Å². The molecule has 2 fully saturated rings. The lowest BCUT2D eigenvalue weighted by Crippen LogP contribution is -2.29. The van der Waals surface area contributed by atoms with Gasteiger partial charge in [0.25, 0.3) is 0 Å². The second-order valence-corrected chi connectivity index (χ2v) is 30.6. The molecule has 0 atom stereocenters. The summed E-state index contributed by atoms with van der Waals surface area (Å²) in [7, 11) is 8.56. The van der Waals surface area contributed by atoms with E-state index in [1.807, 2.05) is 42.4 Å². The van der Waals surface area contributed by atoms with Crippen LogP contribution in [0, 0.1) is 23.3 Å². The van der Waals surface area contributed by atoms with Gasteiger partial charge >= 0.3 is 0 Å². The predicted molar refractivity (Wildman–Crippen MR) is 428 cm³/mol. The number of hydrogen-bond donors (Lipinski definition) is 0. The first-order valence-electron chi connectivity index (χ1n) is 39.4. The second kappa shape index (κ2) is 35.0. The lowest BCUT2D eigenvalue weighted by Gasteiger charge is -2.29. The van der Waals surface area contributed by atoms with Crippen molar-refractivity contribution < 1.29 is 36.5 Å². The Bertz CT molecular complexity index is 5170. The molecule has 0 amide bonds. The highest BCUT2D eigenvalue weighted by Crippen LogP contribution is 2.38. The number of aryl methyl sites for hydroxylation is 4. The van der Waals surface area contributed by atoms with E-state index in [9.17, 15) is 17.6 Å². The van der Waals surface area contributed by atoms with Crippen molar-refractivity contribution in [1.29, 1.82) is 0 Å². The topological polar surface area (TPSA) is 222 Å². The molecular formula is C86H100F4N20O4. The number of likely N-dealkylation sites (N-methyl/N-ethyl adjacent to an activating group) is 2. The SMILES string of the molecule is C.C.CN1CC=C(c2cnc(CCc3c(F)ccc4c3CCO4)n3cnnc23)CC1.CN1CC=C(c2cnc(CCc3c(F)ccc4c3CCO4)n3cnnc23)CC1.CN1CCC(c2cnc(CCc3c(F)ccc4c3CCO4)n3cnnc23)CC1.CN1CCC(c2cnc(CCc3c(F)ccc4c3CCO4)n3cnnc23)CC1. The monoisotopic (exact) mass is 1550 g/mol. The molecule has 0 bridgehead atoms. The molecule has 28 heteroatoms. The van der Waals surface area contributed by atoms with Gasteiger partial charge in [-0.05, 0) is 212 Å². The van der Waals surface area contributed by atoms with Crippen LogP contribution in [0.4, 0.5) is 17.6 Å². The summed E-state index contributed by atoms with van der Waals surface area (Å²) in [5.74, 6) is 6.95. The average Bonchev–Trinajstić information content (AvgIpc) is 1.57. The van der Waals surface area contributed by atoms with E-state index < -0.39 is 0 Å². The third kappa shape index (κ3) is 16.4. The van der Waals surface area contributed by atoms with Gasteiger partial charge in [-0.15, -0.1) is 40.8 Å². The number of piperidine rings is 2.